The van der Waals surface area contributed by atoms with Crippen molar-refractivity contribution in [1.82, 2.24) is 0 Å². The zero-order chi connectivity index (χ0) is 20.5. The van der Waals surface area contributed by atoms with Crippen LogP contribution >= 0.6 is 0 Å². The maximum absolute atomic E-state index is 13.5. The SMILES string of the molecule is O=C(C[n+]1ccc2c(c1)C(C(=O)c1ccccc1)c1ccccc1-2)c1ccccc1. The normalized spacial score (nSPS) is 14.1. The van der Waals surface area contributed by atoms with Crippen LogP contribution in [0, 0.1) is 0 Å². The Kier molecular flexibility index (Phi) is 4.56. The summed E-state index contributed by atoms with van der Waals surface area (Å²) < 4.78 is 1.88. The summed E-state index contributed by atoms with van der Waals surface area (Å²) in [5.74, 6) is -0.242. The molecule has 0 amide bonds. The number of aromatic nitrogens is 1. The van der Waals surface area contributed by atoms with Gasteiger partial charge in [0.2, 0.25) is 12.3 Å². The highest BCUT2D eigenvalue weighted by atomic mass is 16.1. The van der Waals surface area contributed by atoms with Crippen LogP contribution in [-0.2, 0) is 6.54 Å². The zero-order valence-electron chi connectivity index (χ0n) is 16.4. The van der Waals surface area contributed by atoms with Gasteiger partial charge in [-0.3, -0.25) is 9.59 Å². The first-order chi connectivity index (χ1) is 14.7. The van der Waals surface area contributed by atoms with Gasteiger partial charge in [0.1, 0.15) is 0 Å². The minimum Gasteiger partial charge on any atom is -0.293 e. The summed E-state index contributed by atoms with van der Waals surface area (Å²) in [6.07, 6.45) is 3.88. The van der Waals surface area contributed by atoms with Crippen LogP contribution in [0.2, 0.25) is 0 Å². The third-order valence-corrected chi connectivity index (χ3v) is 5.66. The molecule has 1 aromatic heterocycles. The second kappa shape index (κ2) is 7.53. The molecule has 0 N–H and O–H groups in total. The molecule has 30 heavy (non-hydrogen) atoms. The molecule has 1 aliphatic carbocycles. The molecule has 1 atom stereocenters. The van der Waals surface area contributed by atoms with Gasteiger partial charge in [0.15, 0.2) is 18.2 Å². The fraction of sp³-hybridized carbons (Fsp3) is 0.0741. The second-order valence-electron chi connectivity index (χ2n) is 7.53. The molecule has 0 saturated heterocycles. The van der Waals surface area contributed by atoms with Gasteiger partial charge < -0.3 is 0 Å². The smallest absolute Gasteiger partial charge is 0.227 e. The number of hydrogen-bond acceptors (Lipinski definition) is 2. The van der Waals surface area contributed by atoms with Crippen molar-refractivity contribution in [2.75, 3.05) is 0 Å². The minimum atomic E-state index is -0.363. The van der Waals surface area contributed by atoms with Crippen molar-refractivity contribution in [2.24, 2.45) is 0 Å². The second-order valence-corrected chi connectivity index (χ2v) is 7.53. The van der Waals surface area contributed by atoms with Gasteiger partial charge >= 0.3 is 0 Å². The predicted octanol–water partition coefficient (Wildman–Crippen LogP) is 4.85. The van der Waals surface area contributed by atoms with Gasteiger partial charge in [-0.25, -0.2) is 0 Å². The van der Waals surface area contributed by atoms with Gasteiger partial charge in [-0.2, -0.15) is 4.57 Å². The van der Waals surface area contributed by atoms with E-state index >= 15 is 0 Å². The summed E-state index contributed by atoms with van der Waals surface area (Å²) in [5, 5.41) is 0. The Balaban J connectivity index is 1.55. The molecule has 0 fully saturated rings. The third-order valence-electron chi connectivity index (χ3n) is 5.66. The zero-order valence-corrected chi connectivity index (χ0v) is 16.4. The molecule has 1 unspecified atom stereocenters. The number of nitrogens with zero attached hydrogens (tertiary/aromatic N) is 1. The van der Waals surface area contributed by atoms with Crippen molar-refractivity contribution in [1.29, 1.82) is 0 Å². The van der Waals surface area contributed by atoms with Crippen LogP contribution in [0.25, 0.3) is 11.1 Å². The Morgan fingerprint density at radius 2 is 1.27 bits per heavy atom. The van der Waals surface area contributed by atoms with E-state index in [1.165, 1.54) is 0 Å². The number of benzene rings is 3. The summed E-state index contributed by atoms with van der Waals surface area (Å²) in [6, 6.07) is 28.8. The maximum Gasteiger partial charge on any atom is 0.227 e. The number of Topliss-reactive ketones (excluding diaryl/α,β-unsaturated/α-hetero) is 2. The van der Waals surface area contributed by atoms with E-state index in [0.717, 1.165) is 22.3 Å². The Labute approximate surface area is 175 Å². The van der Waals surface area contributed by atoms with Gasteiger partial charge in [0.25, 0.3) is 0 Å². The van der Waals surface area contributed by atoms with E-state index < -0.39 is 0 Å². The van der Waals surface area contributed by atoms with Crippen LogP contribution in [0.3, 0.4) is 0 Å². The summed E-state index contributed by atoms with van der Waals surface area (Å²) in [6.45, 7) is 0.236. The largest absolute Gasteiger partial charge is 0.293 e. The fourth-order valence-corrected chi connectivity index (χ4v) is 4.23. The molecule has 0 aliphatic heterocycles. The van der Waals surface area contributed by atoms with Crippen LogP contribution in [0.1, 0.15) is 37.8 Å². The van der Waals surface area contributed by atoms with Crippen LogP contribution in [0.4, 0.5) is 0 Å². The van der Waals surface area contributed by atoms with E-state index in [-0.39, 0.29) is 24.0 Å². The highest BCUT2D eigenvalue weighted by Crippen LogP contribution is 2.45. The van der Waals surface area contributed by atoms with Crippen LogP contribution in [0.15, 0.2) is 103 Å². The molecule has 3 nitrogen and oxygen atoms in total. The van der Waals surface area contributed by atoms with Crippen LogP contribution in [-0.4, -0.2) is 11.6 Å². The number of fused-ring (bicyclic) bond motifs is 3. The molecular formula is C27H20NO2+. The number of carbonyl (C=O) groups is 2. The van der Waals surface area contributed by atoms with Crippen molar-refractivity contribution < 1.29 is 14.2 Å². The maximum atomic E-state index is 13.5. The summed E-state index contributed by atoms with van der Waals surface area (Å²) in [5.41, 5.74) is 5.50. The van der Waals surface area contributed by atoms with E-state index in [0.29, 0.717) is 11.1 Å². The Bertz CT molecular complexity index is 1250. The highest BCUT2D eigenvalue weighted by molar-refractivity contribution is 6.07. The summed E-state index contributed by atoms with van der Waals surface area (Å²) in [7, 11) is 0. The molecule has 5 rings (SSSR count). The van der Waals surface area contributed by atoms with E-state index in [1.54, 1.807) is 0 Å². The lowest BCUT2D eigenvalue weighted by Crippen LogP contribution is -2.38. The lowest BCUT2D eigenvalue weighted by molar-refractivity contribution is -0.683. The predicted molar refractivity (Wildman–Crippen MR) is 115 cm³/mol. The first-order valence-electron chi connectivity index (χ1n) is 10.0. The van der Waals surface area contributed by atoms with E-state index in [9.17, 15) is 9.59 Å². The monoisotopic (exact) mass is 390 g/mol. The molecule has 144 valence electrons. The van der Waals surface area contributed by atoms with Crippen molar-refractivity contribution in [3.05, 3.63) is 126 Å². The van der Waals surface area contributed by atoms with Crippen LogP contribution in [0.5, 0.6) is 0 Å². The topological polar surface area (TPSA) is 38.0 Å². The van der Waals surface area contributed by atoms with Crippen molar-refractivity contribution >= 4 is 11.6 Å². The standard InChI is InChI=1S/C27H20NO2/c29-25(19-9-3-1-4-10-19)18-28-16-15-22-21-13-7-8-14-23(21)26(24(22)17-28)27(30)20-11-5-2-6-12-20/h1-17,26H,18H2/q+1. The average Bonchev–Trinajstić information content (AvgIpc) is 3.13. The third kappa shape index (κ3) is 3.15. The van der Waals surface area contributed by atoms with Crippen molar-refractivity contribution in [3.8, 4) is 11.1 Å². The van der Waals surface area contributed by atoms with E-state index in [2.05, 4.69) is 6.07 Å². The van der Waals surface area contributed by atoms with E-state index in [1.807, 2.05) is 102 Å². The molecule has 0 bridgehead atoms. The van der Waals surface area contributed by atoms with Crippen molar-refractivity contribution in [2.45, 2.75) is 12.5 Å². The van der Waals surface area contributed by atoms with Gasteiger partial charge in [-0.1, -0.05) is 84.9 Å². The molecule has 3 aromatic carbocycles. The number of ketones is 2. The van der Waals surface area contributed by atoms with E-state index in [4.69, 9.17) is 0 Å². The van der Waals surface area contributed by atoms with Gasteiger partial charge in [0.05, 0.1) is 5.92 Å². The van der Waals surface area contributed by atoms with Crippen LogP contribution < -0.4 is 4.57 Å². The molecule has 0 spiro atoms. The molecule has 0 saturated carbocycles. The molecule has 4 aromatic rings. The first-order valence-corrected chi connectivity index (χ1v) is 10.0. The Morgan fingerprint density at radius 1 is 0.667 bits per heavy atom. The number of rotatable bonds is 5. The summed E-state index contributed by atoms with van der Waals surface area (Å²) in [4.78, 5) is 26.1. The van der Waals surface area contributed by atoms with Crippen molar-refractivity contribution in [3.63, 3.8) is 0 Å². The molecule has 1 aliphatic rings. The molecule has 0 radical (unpaired) electrons. The Hall–Kier alpha value is -3.85. The lowest BCUT2D eigenvalue weighted by atomic mass is 9.89. The first kappa shape index (κ1) is 18.2. The number of pyridine rings is 1. The summed E-state index contributed by atoms with van der Waals surface area (Å²) >= 11 is 0. The van der Waals surface area contributed by atoms with Gasteiger partial charge in [-0.05, 0) is 16.7 Å². The molecular weight excluding hydrogens is 370 g/mol. The molecule has 3 heteroatoms. The quantitative estimate of drug-likeness (QED) is 0.361. The molecule has 1 heterocycles. The fourth-order valence-electron chi connectivity index (χ4n) is 4.23. The minimum absolute atomic E-state index is 0.0435. The van der Waals surface area contributed by atoms with Gasteiger partial charge in [0, 0.05) is 22.8 Å². The number of carbonyl (C=O) groups excluding carboxylic acids is 2. The Morgan fingerprint density at radius 3 is 2.00 bits per heavy atom. The van der Waals surface area contributed by atoms with Gasteiger partial charge in [-0.15, -0.1) is 0 Å². The highest BCUT2D eigenvalue weighted by Gasteiger charge is 2.36. The average molecular weight is 390 g/mol. The number of hydrogen-bond donors (Lipinski definition) is 0. The lowest BCUT2D eigenvalue weighted by Gasteiger charge is -2.11.